The van der Waals surface area contributed by atoms with E-state index in [1.165, 1.54) is 96.8 Å². The van der Waals surface area contributed by atoms with Gasteiger partial charge in [0.2, 0.25) is 0 Å². The maximum Gasteiger partial charge on any atom is 0.472 e. The Labute approximate surface area is 454 Å². The van der Waals surface area contributed by atoms with Crippen LogP contribution in [0.25, 0.3) is 0 Å². The fraction of sp³-hybridized carbons (Fsp3) is 0.609. The standard InChI is InChI=1S/C46H66I6NO8P/c1-53(2,3)28-29-59-62(56,57)60-35-38(61-46(55)27-23-19-15-11-7-5-9-13-17-21-25-40-43(51)32-37(48)33-44(40)52)34-58-45(54)26-22-18-14-10-6-4-8-12-16-20-24-39-41(49)30-36(47)31-42(39)50/h18-19,22-23,30-33,38H,4-17,20-21,24-29,34-35H2,1-3H3/p+1/t38-/m1/s1. The molecular formula is C46H67I6NO8P+. The molecule has 9 nitrogen and oxygen atoms in total. The number of allylic oxidation sites excluding steroid dienone is 2. The molecule has 0 aromatic heterocycles. The molecule has 0 heterocycles. The molecule has 2 atom stereocenters. The van der Waals surface area contributed by atoms with E-state index in [0.717, 1.165) is 51.4 Å². The molecule has 0 saturated heterocycles. The Hall–Kier alpha value is 1.31. The van der Waals surface area contributed by atoms with Crippen LogP contribution >= 0.6 is 143 Å². The zero-order chi connectivity index (χ0) is 45.8. The average molecular weight is 1550 g/mol. The minimum Gasteiger partial charge on any atom is -0.461 e. The molecule has 0 fully saturated rings. The summed E-state index contributed by atoms with van der Waals surface area (Å²) in [4.78, 5) is 35.5. The van der Waals surface area contributed by atoms with Crippen molar-refractivity contribution < 1.29 is 42.1 Å². The number of ether oxygens (including phenoxy) is 2. The molecule has 62 heavy (non-hydrogen) atoms. The van der Waals surface area contributed by atoms with Crippen LogP contribution in [-0.4, -0.2) is 74.9 Å². The number of likely N-dealkylation sites (N-methyl/N-ethyl adjacent to an activating group) is 1. The summed E-state index contributed by atoms with van der Waals surface area (Å²) in [5.74, 6) is -1.01. The molecule has 350 valence electrons. The molecule has 0 saturated carbocycles. The van der Waals surface area contributed by atoms with Gasteiger partial charge in [0, 0.05) is 21.4 Å². The van der Waals surface area contributed by atoms with Crippen LogP contribution in [0.1, 0.15) is 127 Å². The van der Waals surface area contributed by atoms with E-state index < -0.39 is 32.5 Å². The van der Waals surface area contributed by atoms with Crippen LogP contribution in [0, 0.1) is 21.4 Å². The molecular weight excluding hydrogens is 1490 g/mol. The highest BCUT2D eigenvalue weighted by molar-refractivity contribution is 14.1. The van der Waals surface area contributed by atoms with Gasteiger partial charge in [-0.3, -0.25) is 18.6 Å². The first-order chi connectivity index (χ1) is 29.5. The lowest BCUT2D eigenvalue weighted by atomic mass is 10.0. The van der Waals surface area contributed by atoms with Crippen molar-refractivity contribution in [2.45, 2.75) is 135 Å². The van der Waals surface area contributed by atoms with Gasteiger partial charge in [-0.2, -0.15) is 0 Å². The topological polar surface area (TPSA) is 108 Å². The summed E-state index contributed by atoms with van der Waals surface area (Å²) in [7, 11) is 1.40. The Balaban J connectivity index is 1.64. The fourth-order valence-corrected chi connectivity index (χ4v) is 15.3. The van der Waals surface area contributed by atoms with Gasteiger partial charge < -0.3 is 18.9 Å². The Morgan fingerprint density at radius 3 is 1.44 bits per heavy atom. The second-order valence-electron chi connectivity index (χ2n) is 16.5. The summed E-state index contributed by atoms with van der Waals surface area (Å²) >= 11 is 14.6. The summed E-state index contributed by atoms with van der Waals surface area (Å²) in [5.41, 5.74) is 2.96. The average Bonchev–Trinajstić information content (AvgIpc) is 3.17. The molecule has 0 spiro atoms. The largest absolute Gasteiger partial charge is 0.472 e. The Kier molecular flexibility index (Phi) is 33.1. The first kappa shape index (κ1) is 59.4. The predicted molar refractivity (Wildman–Crippen MR) is 303 cm³/mol. The fourth-order valence-electron chi connectivity index (χ4n) is 6.35. The number of carbonyl (C=O) groups is 2. The summed E-state index contributed by atoms with van der Waals surface area (Å²) in [6.45, 7) is -0.248. The normalized spacial score (nSPS) is 13.5. The minimum absolute atomic E-state index is 0.00904. The Bertz CT molecular complexity index is 1690. The van der Waals surface area contributed by atoms with E-state index in [2.05, 4.69) is 160 Å². The van der Waals surface area contributed by atoms with Crippen LogP contribution in [0.4, 0.5) is 0 Å². The van der Waals surface area contributed by atoms with E-state index in [1.807, 2.05) is 33.3 Å². The van der Waals surface area contributed by atoms with Crippen LogP contribution in [0.3, 0.4) is 0 Å². The number of nitrogens with zero attached hydrogens (tertiary/aromatic N) is 1. The third-order valence-electron chi connectivity index (χ3n) is 9.88. The van der Waals surface area contributed by atoms with Crippen molar-refractivity contribution in [3.05, 3.63) is 81.1 Å². The van der Waals surface area contributed by atoms with Crippen molar-refractivity contribution in [2.75, 3.05) is 47.5 Å². The van der Waals surface area contributed by atoms with Gasteiger partial charge in [-0.05, 0) is 222 Å². The highest BCUT2D eigenvalue weighted by Gasteiger charge is 2.27. The van der Waals surface area contributed by atoms with Crippen molar-refractivity contribution in [3.8, 4) is 0 Å². The smallest absolute Gasteiger partial charge is 0.461 e. The summed E-state index contributed by atoms with van der Waals surface area (Å²) < 4.78 is 42.3. The molecule has 2 rings (SSSR count). The molecule has 0 aliphatic carbocycles. The quantitative estimate of drug-likeness (QED) is 0.0184. The molecule has 0 aliphatic heterocycles. The maximum atomic E-state index is 12.7. The van der Waals surface area contributed by atoms with Crippen molar-refractivity contribution in [3.63, 3.8) is 0 Å². The third kappa shape index (κ3) is 29.9. The van der Waals surface area contributed by atoms with Crippen molar-refractivity contribution in [2.24, 2.45) is 0 Å². The lowest BCUT2D eigenvalue weighted by molar-refractivity contribution is -0.870. The number of hydrogen-bond acceptors (Lipinski definition) is 7. The highest BCUT2D eigenvalue weighted by atomic mass is 127. The van der Waals surface area contributed by atoms with Gasteiger partial charge in [0.05, 0.1) is 40.6 Å². The monoisotopic (exact) mass is 1550 g/mol. The first-order valence-corrected chi connectivity index (χ1v) is 29.8. The molecule has 1 N–H and O–H groups in total. The number of halogens is 6. The SMILES string of the molecule is C[N+](C)(C)CCOP(=O)(O)OC[C@@H](COC(=O)CC=CCCCCCCCCCc1c(I)cc(I)cc1I)OC(=O)CC=CCCCCCCCCCc1c(I)cc(I)cc1I. The van der Waals surface area contributed by atoms with Gasteiger partial charge in [0.25, 0.3) is 0 Å². The molecule has 2 aromatic rings. The van der Waals surface area contributed by atoms with E-state index in [0.29, 0.717) is 11.0 Å². The summed E-state index contributed by atoms with van der Waals surface area (Å²) in [5, 5.41) is 0. The van der Waals surface area contributed by atoms with Crippen LogP contribution in [-0.2, 0) is 45.5 Å². The van der Waals surface area contributed by atoms with Crippen molar-refractivity contribution >= 4 is 155 Å². The molecule has 1 unspecified atom stereocenters. The number of phosphoric acid groups is 1. The highest BCUT2D eigenvalue weighted by Crippen LogP contribution is 2.43. The van der Waals surface area contributed by atoms with Crippen LogP contribution in [0.2, 0.25) is 0 Å². The molecule has 0 amide bonds. The van der Waals surface area contributed by atoms with Crippen LogP contribution in [0.5, 0.6) is 0 Å². The molecule has 0 radical (unpaired) electrons. The van der Waals surface area contributed by atoms with Gasteiger partial charge in [-0.15, -0.1) is 0 Å². The van der Waals surface area contributed by atoms with Gasteiger partial charge in [0.15, 0.2) is 6.10 Å². The zero-order valence-electron chi connectivity index (χ0n) is 36.6. The van der Waals surface area contributed by atoms with Gasteiger partial charge in [0.1, 0.15) is 19.8 Å². The second kappa shape index (κ2) is 34.6. The zero-order valence-corrected chi connectivity index (χ0v) is 50.5. The molecule has 16 heteroatoms. The number of esters is 2. The van der Waals surface area contributed by atoms with E-state index in [4.69, 9.17) is 18.5 Å². The molecule has 0 bridgehead atoms. The predicted octanol–water partition coefficient (Wildman–Crippen LogP) is 14.5. The lowest BCUT2D eigenvalue weighted by Crippen LogP contribution is -2.37. The number of carbonyl (C=O) groups excluding carboxylic acids is 2. The van der Waals surface area contributed by atoms with Gasteiger partial charge >= 0.3 is 19.8 Å². The second-order valence-corrected chi connectivity index (χ2v) is 25.1. The summed E-state index contributed by atoms with van der Waals surface area (Å²) in [6.07, 6.45) is 27.5. The molecule has 0 aliphatic rings. The summed E-state index contributed by atoms with van der Waals surface area (Å²) in [6, 6.07) is 9.02. The third-order valence-corrected chi connectivity index (χ3v) is 16.0. The number of phosphoric ester groups is 1. The Morgan fingerprint density at radius 1 is 0.597 bits per heavy atom. The minimum atomic E-state index is -4.42. The molecule has 2 aromatic carbocycles. The van der Waals surface area contributed by atoms with E-state index in [1.54, 1.807) is 12.2 Å². The number of hydrogen-bond donors (Lipinski definition) is 1. The van der Waals surface area contributed by atoms with E-state index in [-0.39, 0.29) is 26.1 Å². The van der Waals surface area contributed by atoms with Crippen molar-refractivity contribution in [1.29, 1.82) is 0 Å². The van der Waals surface area contributed by atoms with Gasteiger partial charge in [-0.1, -0.05) is 88.5 Å². The Morgan fingerprint density at radius 2 is 1.00 bits per heavy atom. The van der Waals surface area contributed by atoms with E-state index in [9.17, 15) is 19.0 Å². The van der Waals surface area contributed by atoms with Gasteiger partial charge in [-0.25, -0.2) is 4.57 Å². The number of quaternary nitrogens is 1. The van der Waals surface area contributed by atoms with Crippen LogP contribution in [0.15, 0.2) is 48.6 Å². The number of benzene rings is 2. The number of unbranched alkanes of at least 4 members (excludes halogenated alkanes) is 14. The lowest BCUT2D eigenvalue weighted by Gasteiger charge is -2.24. The number of rotatable bonds is 34. The maximum absolute atomic E-state index is 12.7. The van der Waals surface area contributed by atoms with Crippen LogP contribution < -0.4 is 0 Å². The first-order valence-electron chi connectivity index (χ1n) is 21.8. The van der Waals surface area contributed by atoms with Crippen molar-refractivity contribution in [1.82, 2.24) is 0 Å². The van der Waals surface area contributed by atoms with E-state index >= 15 is 0 Å².